The Morgan fingerprint density at radius 1 is 1.21 bits per heavy atom. The predicted molar refractivity (Wildman–Crippen MR) is 111 cm³/mol. The molecule has 0 N–H and O–H groups in total. The first-order chi connectivity index (χ1) is 14.1. The molecule has 2 aliphatic rings. The number of aromatic nitrogens is 2. The lowest BCUT2D eigenvalue weighted by molar-refractivity contribution is -0.131. The van der Waals surface area contributed by atoms with Crippen LogP contribution in [0.25, 0.3) is 11.4 Å². The number of rotatable bonds is 6. The van der Waals surface area contributed by atoms with Crippen molar-refractivity contribution >= 4 is 11.6 Å². The van der Waals surface area contributed by atoms with Gasteiger partial charge in [0.1, 0.15) is 11.5 Å². The quantitative estimate of drug-likeness (QED) is 0.744. The first-order valence-corrected chi connectivity index (χ1v) is 10.6. The van der Waals surface area contributed by atoms with E-state index in [0.717, 1.165) is 62.7 Å². The number of amides is 1. The van der Waals surface area contributed by atoms with E-state index in [4.69, 9.17) is 9.26 Å². The molecule has 2 aromatic heterocycles. The Morgan fingerprint density at radius 2 is 1.97 bits per heavy atom. The van der Waals surface area contributed by atoms with E-state index in [1.54, 1.807) is 0 Å². The number of hydrogen-bond donors (Lipinski definition) is 0. The maximum Gasteiger partial charge on any atom is 0.222 e. The number of aryl methyl sites for hydroxylation is 1. The number of piperidine rings is 1. The molecule has 4 rings (SSSR count). The minimum Gasteiger partial charge on any atom is -0.377 e. The first-order valence-electron chi connectivity index (χ1n) is 10.6. The predicted octanol–water partition coefficient (Wildman–Crippen LogP) is 3.25. The Bertz CT molecular complexity index is 853. The first kappa shape index (κ1) is 19.9. The molecule has 7 nitrogen and oxygen atoms in total. The van der Waals surface area contributed by atoms with Gasteiger partial charge < -0.3 is 19.1 Å². The molecule has 0 radical (unpaired) electrons. The fraction of sp³-hybridized carbons (Fsp3) is 0.591. The highest BCUT2D eigenvalue weighted by Gasteiger charge is 2.27. The van der Waals surface area contributed by atoms with Crippen molar-refractivity contribution in [2.24, 2.45) is 0 Å². The lowest BCUT2D eigenvalue weighted by atomic mass is 9.94. The van der Waals surface area contributed by atoms with Gasteiger partial charge in [0.05, 0.1) is 24.9 Å². The van der Waals surface area contributed by atoms with E-state index >= 15 is 0 Å². The van der Waals surface area contributed by atoms with Crippen LogP contribution >= 0.6 is 0 Å². The Balaban J connectivity index is 1.50. The second-order valence-electron chi connectivity index (χ2n) is 7.98. The van der Waals surface area contributed by atoms with Crippen molar-refractivity contribution < 1.29 is 14.1 Å². The van der Waals surface area contributed by atoms with E-state index in [0.29, 0.717) is 18.4 Å². The fourth-order valence-electron chi connectivity index (χ4n) is 4.10. The molecule has 7 heteroatoms. The zero-order valence-corrected chi connectivity index (χ0v) is 17.6. The third-order valence-corrected chi connectivity index (χ3v) is 6.23. The van der Waals surface area contributed by atoms with Crippen molar-refractivity contribution in [3.63, 3.8) is 0 Å². The van der Waals surface area contributed by atoms with Gasteiger partial charge in [-0.25, -0.2) is 0 Å². The molecule has 1 amide bonds. The standard InChI is InChI=1S/C22H30N4O3/c1-4-15-12-23-18(10-20(15)25(3)17-13-28-14-17)19-11-21(29-24-19)16-6-8-26(9-7-16)22(27)5-2/h10-12,16-17H,4-9,13-14H2,1-3H3. The lowest BCUT2D eigenvalue weighted by Gasteiger charge is -2.37. The number of hydrogen-bond acceptors (Lipinski definition) is 6. The summed E-state index contributed by atoms with van der Waals surface area (Å²) in [6.07, 6.45) is 5.28. The average molecular weight is 399 g/mol. The summed E-state index contributed by atoms with van der Waals surface area (Å²) in [5, 5.41) is 4.31. The highest BCUT2D eigenvalue weighted by atomic mass is 16.5. The molecule has 0 saturated carbocycles. The minimum absolute atomic E-state index is 0.232. The summed E-state index contributed by atoms with van der Waals surface area (Å²) in [5.41, 5.74) is 4.01. The Morgan fingerprint density at radius 3 is 2.59 bits per heavy atom. The molecule has 4 heterocycles. The topological polar surface area (TPSA) is 71.7 Å². The summed E-state index contributed by atoms with van der Waals surface area (Å²) in [7, 11) is 2.12. The third kappa shape index (κ3) is 4.01. The monoisotopic (exact) mass is 398 g/mol. The molecular formula is C22H30N4O3. The molecule has 2 aromatic rings. The molecule has 2 aliphatic heterocycles. The van der Waals surface area contributed by atoms with Crippen LogP contribution in [-0.2, 0) is 16.0 Å². The van der Waals surface area contributed by atoms with Crippen LogP contribution in [0, 0.1) is 0 Å². The summed E-state index contributed by atoms with van der Waals surface area (Å²) in [6, 6.07) is 4.55. The number of ether oxygens (including phenoxy) is 1. The van der Waals surface area contributed by atoms with E-state index in [1.165, 1.54) is 11.3 Å². The fourth-order valence-corrected chi connectivity index (χ4v) is 4.10. The van der Waals surface area contributed by atoms with Gasteiger partial charge in [-0.15, -0.1) is 0 Å². The summed E-state index contributed by atoms with van der Waals surface area (Å²) < 4.78 is 11.0. The number of carbonyl (C=O) groups excluding carboxylic acids is 1. The Kier molecular flexibility index (Phi) is 5.85. The van der Waals surface area contributed by atoms with Gasteiger partial charge in [-0.3, -0.25) is 9.78 Å². The molecule has 0 bridgehead atoms. The van der Waals surface area contributed by atoms with Gasteiger partial charge in [0.15, 0.2) is 0 Å². The summed E-state index contributed by atoms with van der Waals surface area (Å²) >= 11 is 0. The van der Waals surface area contributed by atoms with E-state index < -0.39 is 0 Å². The van der Waals surface area contributed by atoms with Crippen LogP contribution in [0.3, 0.4) is 0 Å². The Labute approximate surface area is 172 Å². The zero-order chi connectivity index (χ0) is 20.4. The molecule has 29 heavy (non-hydrogen) atoms. The summed E-state index contributed by atoms with van der Waals surface area (Å²) in [4.78, 5) is 20.8. The van der Waals surface area contributed by atoms with Crippen LogP contribution in [0.15, 0.2) is 22.9 Å². The summed E-state index contributed by atoms with van der Waals surface area (Å²) in [5.74, 6) is 1.43. The zero-order valence-electron chi connectivity index (χ0n) is 17.6. The second kappa shape index (κ2) is 8.53. The molecule has 2 fully saturated rings. The molecule has 0 aromatic carbocycles. The SMILES string of the molecule is CCC(=O)N1CCC(c2cc(-c3cc(N(C)C4COC4)c(CC)cn3)no2)CC1. The van der Waals surface area contributed by atoms with Gasteiger partial charge in [-0.1, -0.05) is 19.0 Å². The van der Waals surface area contributed by atoms with Gasteiger partial charge in [0.25, 0.3) is 0 Å². The number of likely N-dealkylation sites (N-methyl/N-ethyl adjacent to an activating group) is 1. The maximum atomic E-state index is 11.9. The average Bonchev–Trinajstić information content (AvgIpc) is 3.21. The van der Waals surface area contributed by atoms with Crippen LogP contribution < -0.4 is 4.90 Å². The molecule has 2 saturated heterocycles. The van der Waals surface area contributed by atoms with Crippen LogP contribution in [0.4, 0.5) is 5.69 Å². The Hall–Kier alpha value is -2.41. The molecule has 0 spiro atoms. The van der Waals surface area contributed by atoms with Crippen molar-refractivity contribution in [1.82, 2.24) is 15.0 Å². The highest BCUT2D eigenvalue weighted by Crippen LogP contribution is 2.33. The van der Waals surface area contributed by atoms with Crippen molar-refractivity contribution in [2.75, 3.05) is 38.3 Å². The number of nitrogens with zero attached hydrogens (tertiary/aromatic N) is 4. The van der Waals surface area contributed by atoms with Crippen molar-refractivity contribution in [1.29, 1.82) is 0 Å². The number of anilines is 1. The van der Waals surface area contributed by atoms with E-state index in [9.17, 15) is 4.79 Å². The van der Waals surface area contributed by atoms with Gasteiger partial charge in [0, 0.05) is 50.4 Å². The van der Waals surface area contributed by atoms with Crippen LogP contribution in [0.1, 0.15) is 50.4 Å². The summed E-state index contributed by atoms with van der Waals surface area (Å²) in [6.45, 7) is 7.17. The minimum atomic E-state index is 0.232. The molecule has 0 atom stereocenters. The van der Waals surface area contributed by atoms with Crippen LogP contribution in [0.2, 0.25) is 0 Å². The van der Waals surface area contributed by atoms with E-state index in [-0.39, 0.29) is 5.91 Å². The smallest absolute Gasteiger partial charge is 0.222 e. The highest BCUT2D eigenvalue weighted by molar-refractivity contribution is 5.75. The van der Waals surface area contributed by atoms with E-state index in [1.807, 2.05) is 24.1 Å². The molecule has 0 unspecified atom stereocenters. The van der Waals surface area contributed by atoms with Gasteiger partial charge in [-0.2, -0.15) is 0 Å². The third-order valence-electron chi connectivity index (χ3n) is 6.23. The molecule has 0 aliphatic carbocycles. The molecule has 156 valence electrons. The largest absolute Gasteiger partial charge is 0.377 e. The van der Waals surface area contributed by atoms with Crippen molar-refractivity contribution in [3.8, 4) is 11.4 Å². The maximum absolute atomic E-state index is 11.9. The second-order valence-corrected chi connectivity index (χ2v) is 7.98. The lowest BCUT2D eigenvalue weighted by Crippen LogP contribution is -2.47. The van der Waals surface area contributed by atoms with Crippen LogP contribution in [-0.4, -0.2) is 60.3 Å². The van der Waals surface area contributed by atoms with Gasteiger partial charge >= 0.3 is 0 Å². The van der Waals surface area contributed by atoms with Gasteiger partial charge in [-0.05, 0) is 30.9 Å². The van der Waals surface area contributed by atoms with Crippen LogP contribution in [0.5, 0.6) is 0 Å². The number of carbonyl (C=O) groups is 1. The van der Waals surface area contributed by atoms with Crippen molar-refractivity contribution in [3.05, 3.63) is 29.7 Å². The van der Waals surface area contributed by atoms with E-state index in [2.05, 4.69) is 35.1 Å². The number of pyridine rings is 1. The number of likely N-dealkylation sites (tertiary alicyclic amines) is 1. The van der Waals surface area contributed by atoms with Crippen molar-refractivity contribution in [2.45, 2.75) is 51.5 Å². The molecular weight excluding hydrogens is 368 g/mol. The van der Waals surface area contributed by atoms with Gasteiger partial charge in [0.2, 0.25) is 5.91 Å². The normalized spacial score (nSPS) is 18.0.